The van der Waals surface area contributed by atoms with Crippen molar-refractivity contribution in [3.8, 4) is 0 Å². The number of carbonyl (C=O) groups is 3. The highest BCUT2D eigenvalue weighted by Gasteiger charge is 2.40. The summed E-state index contributed by atoms with van der Waals surface area (Å²) in [5.41, 5.74) is -1.10. The first-order chi connectivity index (χ1) is 12.5. The van der Waals surface area contributed by atoms with Crippen LogP contribution < -0.4 is 0 Å². The lowest BCUT2D eigenvalue weighted by Gasteiger charge is -2.13. The van der Waals surface area contributed by atoms with Crippen molar-refractivity contribution in [3.05, 3.63) is 71.2 Å². The molecule has 0 bridgehead atoms. The highest BCUT2D eigenvalue weighted by Crippen LogP contribution is 2.27. The van der Waals surface area contributed by atoms with Crippen LogP contribution in [0.1, 0.15) is 43.3 Å². The standard InChI is InChI=1S/C17H9F2N3O4/c18-14(19)12-13(21-8-4-3-7-11(21)20-12)17(25)26-22-15(23)9-5-1-2-6-10(9)16(22)24/h1-8,14H. The predicted molar refractivity (Wildman–Crippen MR) is 82.5 cm³/mol. The number of halogens is 2. The van der Waals surface area contributed by atoms with Crippen LogP contribution in [-0.4, -0.2) is 32.2 Å². The van der Waals surface area contributed by atoms with E-state index < -0.39 is 35.6 Å². The summed E-state index contributed by atoms with van der Waals surface area (Å²) in [5.74, 6) is -2.97. The molecule has 0 unspecified atom stereocenters. The largest absolute Gasteiger partial charge is 0.382 e. The number of alkyl halides is 2. The second-order valence-corrected chi connectivity index (χ2v) is 5.40. The normalized spacial score (nSPS) is 13.6. The van der Waals surface area contributed by atoms with E-state index in [0.717, 1.165) is 4.40 Å². The van der Waals surface area contributed by atoms with Gasteiger partial charge in [-0.25, -0.2) is 18.6 Å². The molecule has 3 heterocycles. The molecule has 3 aromatic rings. The molecule has 0 radical (unpaired) electrons. The highest BCUT2D eigenvalue weighted by molar-refractivity contribution is 6.21. The van der Waals surface area contributed by atoms with E-state index in [9.17, 15) is 23.2 Å². The number of hydrogen-bond donors (Lipinski definition) is 0. The van der Waals surface area contributed by atoms with Crippen molar-refractivity contribution in [2.75, 3.05) is 0 Å². The molecule has 7 nitrogen and oxygen atoms in total. The fourth-order valence-corrected chi connectivity index (χ4v) is 2.75. The third-order valence-electron chi connectivity index (χ3n) is 3.89. The molecule has 2 aromatic heterocycles. The summed E-state index contributed by atoms with van der Waals surface area (Å²) in [7, 11) is 0. The first-order valence-corrected chi connectivity index (χ1v) is 7.44. The van der Waals surface area contributed by atoms with Crippen LogP contribution in [0.25, 0.3) is 5.65 Å². The molecule has 9 heteroatoms. The lowest BCUT2D eigenvalue weighted by atomic mass is 10.1. The summed E-state index contributed by atoms with van der Waals surface area (Å²) in [6.07, 6.45) is -1.69. The number of imidazole rings is 1. The predicted octanol–water partition coefficient (Wildman–Crippen LogP) is 2.64. The Morgan fingerprint density at radius 1 is 1.00 bits per heavy atom. The molecule has 26 heavy (non-hydrogen) atoms. The number of hydroxylamine groups is 2. The van der Waals surface area contributed by atoms with Gasteiger partial charge in [-0.15, -0.1) is 0 Å². The lowest BCUT2D eigenvalue weighted by Crippen LogP contribution is -2.33. The van der Waals surface area contributed by atoms with E-state index in [-0.39, 0.29) is 21.8 Å². The zero-order valence-electron chi connectivity index (χ0n) is 12.9. The smallest absolute Gasteiger partial charge is 0.322 e. The van der Waals surface area contributed by atoms with Gasteiger partial charge in [-0.1, -0.05) is 23.3 Å². The maximum Gasteiger partial charge on any atom is 0.382 e. The zero-order valence-corrected chi connectivity index (χ0v) is 12.9. The molecule has 130 valence electrons. The van der Waals surface area contributed by atoms with Crippen molar-refractivity contribution in [1.82, 2.24) is 14.4 Å². The minimum atomic E-state index is -3.04. The molecule has 0 fully saturated rings. The van der Waals surface area contributed by atoms with Gasteiger partial charge in [0.15, 0.2) is 5.69 Å². The Balaban J connectivity index is 1.72. The average Bonchev–Trinajstić information content (AvgIpc) is 3.14. The van der Waals surface area contributed by atoms with Crippen molar-refractivity contribution in [2.24, 2.45) is 0 Å². The first-order valence-electron chi connectivity index (χ1n) is 7.44. The quantitative estimate of drug-likeness (QED) is 0.673. The molecule has 4 rings (SSSR count). The molecule has 0 N–H and O–H groups in total. The molecule has 1 aliphatic rings. The summed E-state index contributed by atoms with van der Waals surface area (Å²) < 4.78 is 27.7. The Morgan fingerprint density at radius 2 is 1.62 bits per heavy atom. The molecular weight excluding hydrogens is 348 g/mol. The molecule has 0 spiro atoms. The number of aromatic nitrogens is 2. The lowest BCUT2D eigenvalue weighted by molar-refractivity contribution is -0.0592. The molecule has 1 aromatic carbocycles. The van der Waals surface area contributed by atoms with Crippen LogP contribution in [0, 0.1) is 0 Å². The number of nitrogens with zero attached hydrogens (tertiary/aromatic N) is 3. The van der Waals surface area contributed by atoms with Gasteiger partial charge >= 0.3 is 5.97 Å². The summed E-state index contributed by atoms with van der Waals surface area (Å²) in [4.78, 5) is 45.6. The number of fused-ring (bicyclic) bond motifs is 2. The van der Waals surface area contributed by atoms with Gasteiger partial charge in [0.2, 0.25) is 0 Å². The van der Waals surface area contributed by atoms with Gasteiger partial charge in [0.25, 0.3) is 18.2 Å². The third-order valence-corrected chi connectivity index (χ3v) is 3.89. The van der Waals surface area contributed by atoms with Gasteiger partial charge in [-0.05, 0) is 24.3 Å². The Bertz CT molecular complexity index is 1040. The summed E-state index contributed by atoms with van der Waals surface area (Å²) >= 11 is 0. The van der Waals surface area contributed by atoms with Crippen LogP contribution >= 0.6 is 0 Å². The van der Waals surface area contributed by atoms with E-state index >= 15 is 0 Å². The van der Waals surface area contributed by atoms with E-state index in [2.05, 4.69) is 4.98 Å². The number of benzene rings is 1. The number of imide groups is 1. The van der Waals surface area contributed by atoms with Gasteiger partial charge in [-0.2, -0.15) is 0 Å². The molecular formula is C17H9F2N3O4. The first kappa shape index (κ1) is 15.9. The van der Waals surface area contributed by atoms with E-state index in [4.69, 9.17) is 4.84 Å². The molecule has 0 aliphatic carbocycles. The summed E-state index contributed by atoms with van der Waals surface area (Å²) in [6, 6.07) is 10.4. The Labute approximate surface area is 144 Å². The minimum Gasteiger partial charge on any atom is -0.322 e. The topological polar surface area (TPSA) is 81.0 Å². The van der Waals surface area contributed by atoms with Gasteiger partial charge in [0.05, 0.1) is 11.1 Å². The van der Waals surface area contributed by atoms with Crippen molar-refractivity contribution in [3.63, 3.8) is 0 Å². The molecule has 0 saturated carbocycles. The van der Waals surface area contributed by atoms with Crippen LogP contribution in [0.15, 0.2) is 48.7 Å². The van der Waals surface area contributed by atoms with E-state index in [1.165, 1.54) is 30.5 Å². The Morgan fingerprint density at radius 3 is 2.23 bits per heavy atom. The molecule has 2 amide bonds. The maximum absolute atomic E-state index is 13.3. The number of pyridine rings is 1. The zero-order chi connectivity index (χ0) is 18.4. The molecule has 1 aliphatic heterocycles. The summed E-state index contributed by atoms with van der Waals surface area (Å²) in [6.45, 7) is 0. The number of carbonyl (C=O) groups excluding carboxylic acids is 3. The van der Waals surface area contributed by atoms with Crippen LogP contribution in [0.4, 0.5) is 8.78 Å². The fraction of sp³-hybridized carbons (Fsp3) is 0.0588. The van der Waals surface area contributed by atoms with Crippen molar-refractivity contribution < 1.29 is 28.0 Å². The number of rotatable bonds is 3. The van der Waals surface area contributed by atoms with Gasteiger partial charge in [0, 0.05) is 6.20 Å². The van der Waals surface area contributed by atoms with Gasteiger partial charge in [0.1, 0.15) is 11.3 Å². The van der Waals surface area contributed by atoms with Crippen molar-refractivity contribution in [1.29, 1.82) is 0 Å². The van der Waals surface area contributed by atoms with Crippen LogP contribution in [0.3, 0.4) is 0 Å². The Hall–Kier alpha value is -3.62. The summed E-state index contributed by atoms with van der Waals surface area (Å²) in [5, 5.41) is 0.268. The van der Waals surface area contributed by atoms with E-state index in [1.54, 1.807) is 18.2 Å². The second kappa shape index (κ2) is 5.73. The van der Waals surface area contributed by atoms with E-state index in [1.807, 2.05) is 0 Å². The monoisotopic (exact) mass is 357 g/mol. The maximum atomic E-state index is 13.3. The minimum absolute atomic E-state index is 0.0672. The second-order valence-electron chi connectivity index (χ2n) is 5.40. The SMILES string of the molecule is O=C(ON1C(=O)c2ccccc2C1=O)c1c(C(F)F)nc2ccccn12. The fourth-order valence-electron chi connectivity index (χ4n) is 2.75. The van der Waals surface area contributed by atoms with E-state index in [0.29, 0.717) is 0 Å². The Kier molecular flexibility index (Phi) is 3.50. The third kappa shape index (κ3) is 2.25. The van der Waals surface area contributed by atoms with Gasteiger partial charge in [-0.3, -0.25) is 14.0 Å². The number of hydrogen-bond acceptors (Lipinski definition) is 5. The number of amides is 2. The average molecular weight is 357 g/mol. The van der Waals surface area contributed by atoms with Crippen LogP contribution in [0.5, 0.6) is 0 Å². The van der Waals surface area contributed by atoms with Crippen molar-refractivity contribution in [2.45, 2.75) is 6.43 Å². The van der Waals surface area contributed by atoms with Crippen molar-refractivity contribution >= 4 is 23.4 Å². The molecule has 0 saturated heterocycles. The van der Waals surface area contributed by atoms with Crippen LogP contribution in [0.2, 0.25) is 0 Å². The van der Waals surface area contributed by atoms with Gasteiger partial charge < -0.3 is 4.84 Å². The van der Waals surface area contributed by atoms with Crippen LogP contribution in [-0.2, 0) is 4.84 Å². The highest BCUT2D eigenvalue weighted by atomic mass is 19.3. The molecule has 0 atom stereocenters.